The molecule has 2 rings (SSSR count). The minimum Gasteiger partial charge on any atom is -0.352 e. The molecule has 0 bridgehead atoms. The van der Waals surface area contributed by atoms with Crippen molar-refractivity contribution in [1.82, 2.24) is 5.32 Å². The van der Waals surface area contributed by atoms with Crippen LogP contribution in [0.5, 0.6) is 0 Å². The van der Waals surface area contributed by atoms with E-state index in [-0.39, 0.29) is 11.8 Å². The molecule has 1 N–H and O–H groups in total. The second-order valence-corrected chi connectivity index (χ2v) is 6.49. The van der Waals surface area contributed by atoms with Crippen molar-refractivity contribution in [2.45, 2.75) is 58.4 Å². The Bertz CT molecular complexity index is 366. The van der Waals surface area contributed by atoms with Gasteiger partial charge in [-0.15, -0.1) is 0 Å². The molecule has 1 amide bonds. The highest BCUT2D eigenvalue weighted by molar-refractivity contribution is 7.07. The summed E-state index contributed by atoms with van der Waals surface area (Å²) in [6, 6.07) is 2.08. The fourth-order valence-electron chi connectivity index (χ4n) is 2.93. The molecule has 19 heavy (non-hydrogen) atoms. The van der Waals surface area contributed by atoms with E-state index in [9.17, 15) is 4.79 Å². The minimum atomic E-state index is 0.261. The van der Waals surface area contributed by atoms with E-state index in [1.54, 1.807) is 11.3 Å². The number of carbonyl (C=O) groups excluding carboxylic acids is 1. The van der Waals surface area contributed by atoms with E-state index in [2.05, 4.69) is 29.1 Å². The van der Waals surface area contributed by atoms with Gasteiger partial charge in [-0.2, -0.15) is 11.3 Å². The Morgan fingerprint density at radius 3 is 2.79 bits per heavy atom. The minimum absolute atomic E-state index is 0.261. The van der Waals surface area contributed by atoms with Crippen molar-refractivity contribution in [3.8, 4) is 0 Å². The maximum Gasteiger partial charge on any atom is 0.223 e. The first-order chi connectivity index (χ1) is 9.29. The Hall–Kier alpha value is -0.830. The van der Waals surface area contributed by atoms with Crippen LogP contribution in [-0.4, -0.2) is 5.91 Å². The molecule has 0 aromatic carbocycles. The third-order valence-electron chi connectivity index (χ3n) is 4.23. The molecule has 1 heterocycles. The van der Waals surface area contributed by atoms with Crippen LogP contribution in [-0.2, 0) is 11.3 Å². The zero-order chi connectivity index (χ0) is 13.5. The number of thiophene rings is 1. The van der Waals surface area contributed by atoms with Gasteiger partial charge in [-0.3, -0.25) is 4.79 Å². The molecule has 0 aliphatic heterocycles. The van der Waals surface area contributed by atoms with E-state index in [4.69, 9.17) is 0 Å². The lowest BCUT2D eigenvalue weighted by atomic mass is 9.79. The lowest BCUT2D eigenvalue weighted by Crippen LogP contribution is -2.32. The first-order valence-corrected chi connectivity index (χ1v) is 8.52. The van der Waals surface area contributed by atoms with Crippen LogP contribution in [0.4, 0.5) is 0 Å². The number of hydrogen-bond donors (Lipinski definition) is 1. The number of unbranched alkanes of at least 4 members (excludes halogenated alkanes) is 1. The molecule has 106 valence electrons. The van der Waals surface area contributed by atoms with Crippen LogP contribution in [0.3, 0.4) is 0 Å². The van der Waals surface area contributed by atoms with Gasteiger partial charge < -0.3 is 5.32 Å². The quantitative estimate of drug-likeness (QED) is 0.823. The highest BCUT2D eigenvalue weighted by Gasteiger charge is 2.25. The Kier molecular flexibility index (Phi) is 5.90. The summed E-state index contributed by atoms with van der Waals surface area (Å²) in [4.78, 5) is 12.1. The SMILES string of the molecule is CCCCC1CCC(C(=O)NCc2ccsc2)CC1. The van der Waals surface area contributed by atoms with Crippen molar-refractivity contribution >= 4 is 17.2 Å². The lowest BCUT2D eigenvalue weighted by Gasteiger charge is -2.27. The van der Waals surface area contributed by atoms with Crippen molar-refractivity contribution in [3.63, 3.8) is 0 Å². The van der Waals surface area contributed by atoms with Crippen LogP contribution in [0.15, 0.2) is 16.8 Å². The average molecular weight is 279 g/mol. The van der Waals surface area contributed by atoms with Crippen LogP contribution in [0, 0.1) is 11.8 Å². The first-order valence-electron chi connectivity index (χ1n) is 7.58. The zero-order valence-electron chi connectivity index (χ0n) is 11.9. The molecule has 0 radical (unpaired) electrons. The van der Waals surface area contributed by atoms with Gasteiger partial charge in [0, 0.05) is 12.5 Å². The number of carbonyl (C=O) groups is 1. The average Bonchev–Trinajstić information content (AvgIpc) is 2.96. The molecular weight excluding hydrogens is 254 g/mol. The fourth-order valence-corrected chi connectivity index (χ4v) is 3.60. The normalized spacial score (nSPS) is 23.2. The molecule has 1 fully saturated rings. The Balaban J connectivity index is 1.67. The number of rotatable bonds is 6. The van der Waals surface area contributed by atoms with Crippen LogP contribution in [0.1, 0.15) is 57.4 Å². The number of nitrogens with one attached hydrogen (secondary N) is 1. The van der Waals surface area contributed by atoms with E-state index in [1.807, 2.05) is 0 Å². The van der Waals surface area contributed by atoms with Gasteiger partial charge in [-0.25, -0.2) is 0 Å². The summed E-state index contributed by atoms with van der Waals surface area (Å²) in [6.45, 7) is 2.95. The van der Waals surface area contributed by atoms with Crippen LogP contribution in [0.25, 0.3) is 0 Å². The van der Waals surface area contributed by atoms with Gasteiger partial charge in [0.1, 0.15) is 0 Å². The van der Waals surface area contributed by atoms with Crippen molar-refractivity contribution in [2.75, 3.05) is 0 Å². The van der Waals surface area contributed by atoms with Crippen molar-refractivity contribution in [2.24, 2.45) is 11.8 Å². The topological polar surface area (TPSA) is 29.1 Å². The van der Waals surface area contributed by atoms with Crippen LogP contribution >= 0.6 is 11.3 Å². The predicted molar refractivity (Wildman–Crippen MR) is 81.1 cm³/mol. The van der Waals surface area contributed by atoms with Crippen molar-refractivity contribution < 1.29 is 4.79 Å². The second-order valence-electron chi connectivity index (χ2n) is 5.71. The Labute approximate surface area is 120 Å². The van der Waals surface area contributed by atoms with Gasteiger partial charge in [0.2, 0.25) is 5.91 Å². The molecule has 1 aromatic heterocycles. The summed E-state index contributed by atoms with van der Waals surface area (Å²) in [5.74, 6) is 1.40. The maximum atomic E-state index is 12.1. The summed E-state index contributed by atoms with van der Waals surface area (Å²) in [6.07, 6.45) is 8.67. The van der Waals surface area contributed by atoms with Gasteiger partial charge in [-0.05, 0) is 54.0 Å². The summed E-state index contributed by atoms with van der Waals surface area (Å²) >= 11 is 1.68. The Morgan fingerprint density at radius 2 is 2.16 bits per heavy atom. The van der Waals surface area contributed by atoms with Gasteiger partial charge >= 0.3 is 0 Å². The van der Waals surface area contributed by atoms with E-state index in [0.717, 1.165) is 18.8 Å². The highest BCUT2D eigenvalue weighted by Crippen LogP contribution is 2.31. The van der Waals surface area contributed by atoms with Gasteiger partial charge in [0.15, 0.2) is 0 Å². The van der Waals surface area contributed by atoms with Gasteiger partial charge in [-0.1, -0.05) is 26.2 Å². The summed E-state index contributed by atoms with van der Waals surface area (Å²) < 4.78 is 0. The van der Waals surface area contributed by atoms with E-state index >= 15 is 0 Å². The van der Waals surface area contributed by atoms with Crippen LogP contribution in [0.2, 0.25) is 0 Å². The zero-order valence-corrected chi connectivity index (χ0v) is 12.7. The molecule has 2 nitrogen and oxygen atoms in total. The molecule has 0 unspecified atom stereocenters. The van der Waals surface area contributed by atoms with Crippen molar-refractivity contribution in [1.29, 1.82) is 0 Å². The third-order valence-corrected chi connectivity index (χ3v) is 4.96. The van der Waals surface area contributed by atoms with Crippen LogP contribution < -0.4 is 5.32 Å². The number of amides is 1. The molecular formula is C16H25NOS. The van der Waals surface area contributed by atoms with E-state index in [1.165, 1.54) is 37.7 Å². The first kappa shape index (κ1) is 14.6. The molecule has 1 saturated carbocycles. The molecule has 0 spiro atoms. The molecule has 1 aliphatic rings. The highest BCUT2D eigenvalue weighted by atomic mass is 32.1. The molecule has 0 atom stereocenters. The number of hydrogen-bond acceptors (Lipinski definition) is 2. The monoisotopic (exact) mass is 279 g/mol. The molecule has 0 saturated heterocycles. The summed E-state index contributed by atoms with van der Waals surface area (Å²) in [5, 5.41) is 7.24. The molecule has 1 aromatic rings. The Morgan fingerprint density at radius 1 is 1.37 bits per heavy atom. The van der Waals surface area contributed by atoms with E-state index < -0.39 is 0 Å². The standard InChI is InChI=1S/C16H25NOS/c1-2-3-4-13-5-7-15(8-6-13)16(18)17-11-14-9-10-19-12-14/h9-10,12-13,15H,2-8,11H2,1H3,(H,17,18). The summed E-state index contributed by atoms with van der Waals surface area (Å²) in [5.41, 5.74) is 1.22. The van der Waals surface area contributed by atoms with Gasteiger partial charge in [0.05, 0.1) is 0 Å². The molecule has 3 heteroatoms. The largest absolute Gasteiger partial charge is 0.352 e. The maximum absolute atomic E-state index is 12.1. The predicted octanol–water partition coefficient (Wildman–Crippen LogP) is 4.36. The fraction of sp³-hybridized carbons (Fsp3) is 0.688. The van der Waals surface area contributed by atoms with E-state index in [0.29, 0.717) is 6.54 Å². The molecule has 1 aliphatic carbocycles. The lowest BCUT2D eigenvalue weighted by molar-refractivity contribution is -0.126. The summed E-state index contributed by atoms with van der Waals surface area (Å²) in [7, 11) is 0. The third kappa shape index (κ3) is 4.64. The smallest absolute Gasteiger partial charge is 0.223 e. The van der Waals surface area contributed by atoms with Gasteiger partial charge in [0.25, 0.3) is 0 Å². The second kappa shape index (κ2) is 7.68. The van der Waals surface area contributed by atoms with Crippen molar-refractivity contribution in [3.05, 3.63) is 22.4 Å².